The average Bonchev–Trinajstić information content (AvgIpc) is 3.01. The van der Waals surface area contributed by atoms with Crippen LogP contribution in [0.4, 0.5) is 28.9 Å². The lowest BCUT2D eigenvalue weighted by Gasteiger charge is -2.18. The van der Waals surface area contributed by atoms with E-state index in [0.717, 1.165) is 23.9 Å². The van der Waals surface area contributed by atoms with E-state index in [0.29, 0.717) is 10.6 Å². The molecule has 0 heterocycles. The van der Waals surface area contributed by atoms with Crippen molar-refractivity contribution in [1.29, 1.82) is 0 Å². The van der Waals surface area contributed by atoms with Crippen LogP contribution in [0, 0.1) is 5.82 Å². The van der Waals surface area contributed by atoms with Crippen molar-refractivity contribution >= 4 is 58.5 Å². The molecule has 232 valence electrons. The second kappa shape index (κ2) is 14.9. The van der Waals surface area contributed by atoms with Gasteiger partial charge in [-0.15, -0.1) is 11.8 Å². The number of thioether (sulfide) groups is 1. The molecule has 4 aromatic carbocycles. The zero-order valence-electron chi connectivity index (χ0n) is 23.6. The monoisotopic (exact) mass is 655 g/mol. The van der Waals surface area contributed by atoms with Gasteiger partial charge in [0, 0.05) is 26.7 Å². The summed E-state index contributed by atoms with van der Waals surface area (Å²) < 4.78 is 55.0. The van der Waals surface area contributed by atoms with Crippen molar-refractivity contribution in [3.63, 3.8) is 0 Å². The highest BCUT2D eigenvalue weighted by Gasteiger charge is 2.34. The van der Waals surface area contributed by atoms with E-state index >= 15 is 0 Å². The molecular formula is C33H26ClF4N3O3S. The Morgan fingerprint density at radius 1 is 0.889 bits per heavy atom. The van der Waals surface area contributed by atoms with Crippen LogP contribution in [0.25, 0.3) is 6.08 Å². The van der Waals surface area contributed by atoms with Crippen molar-refractivity contribution in [3.05, 3.63) is 130 Å². The van der Waals surface area contributed by atoms with Crippen molar-refractivity contribution in [1.82, 2.24) is 5.32 Å². The van der Waals surface area contributed by atoms with Crippen LogP contribution in [-0.2, 0) is 15.8 Å². The van der Waals surface area contributed by atoms with Gasteiger partial charge in [-0.25, -0.2) is 4.39 Å². The molecule has 0 bridgehead atoms. The molecule has 0 saturated heterocycles. The number of amides is 3. The molecule has 45 heavy (non-hydrogen) atoms. The molecule has 4 aromatic rings. The third kappa shape index (κ3) is 9.19. The largest absolute Gasteiger partial charge is 0.418 e. The van der Waals surface area contributed by atoms with Gasteiger partial charge in [0.25, 0.3) is 11.8 Å². The lowest BCUT2D eigenvalue weighted by molar-refractivity contribution is -0.137. The molecule has 1 atom stereocenters. The van der Waals surface area contributed by atoms with Gasteiger partial charge in [0.05, 0.1) is 16.5 Å². The summed E-state index contributed by atoms with van der Waals surface area (Å²) in [7, 11) is 0. The second-order valence-electron chi connectivity index (χ2n) is 9.57. The summed E-state index contributed by atoms with van der Waals surface area (Å²) in [5.41, 5.74) is -1.04. The SMILES string of the molecule is CCC(Sc1cccc(NC(=O)/C(=C/c2ccccc2F)NC(=O)c2ccccc2)c1)C(=O)Nc1ccc(Cl)cc1C(F)(F)F. The highest BCUT2D eigenvalue weighted by atomic mass is 35.5. The van der Waals surface area contributed by atoms with E-state index < -0.39 is 46.2 Å². The number of nitrogens with one attached hydrogen (secondary N) is 3. The van der Waals surface area contributed by atoms with Gasteiger partial charge in [0.2, 0.25) is 5.91 Å². The van der Waals surface area contributed by atoms with Crippen molar-refractivity contribution in [2.45, 2.75) is 29.7 Å². The van der Waals surface area contributed by atoms with E-state index in [-0.39, 0.29) is 28.3 Å². The van der Waals surface area contributed by atoms with Crippen molar-refractivity contribution < 1.29 is 31.9 Å². The summed E-state index contributed by atoms with van der Waals surface area (Å²) >= 11 is 6.83. The van der Waals surface area contributed by atoms with Crippen LogP contribution in [0.1, 0.15) is 34.8 Å². The molecule has 0 aliphatic rings. The number of carbonyl (C=O) groups excluding carboxylic acids is 3. The number of alkyl halides is 3. The molecule has 0 spiro atoms. The van der Waals surface area contributed by atoms with E-state index in [2.05, 4.69) is 16.0 Å². The van der Waals surface area contributed by atoms with Crippen LogP contribution in [-0.4, -0.2) is 23.0 Å². The van der Waals surface area contributed by atoms with Crippen LogP contribution in [0.15, 0.2) is 108 Å². The van der Waals surface area contributed by atoms with Crippen LogP contribution < -0.4 is 16.0 Å². The molecular weight excluding hydrogens is 630 g/mol. The Balaban J connectivity index is 1.52. The highest BCUT2D eigenvalue weighted by Crippen LogP contribution is 2.37. The van der Waals surface area contributed by atoms with Gasteiger partial charge in [-0.3, -0.25) is 14.4 Å². The zero-order chi connectivity index (χ0) is 32.6. The van der Waals surface area contributed by atoms with Gasteiger partial charge < -0.3 is 16.0 Å². The maximum atomic E-state index is 14.4. The molecule has 1 unspecified atom stereocenters. The third-order valence-corrected chi connectivity index (χ3v) is 7.91. The molecule has 0 saturated carbocycles. The van der Waals surface area contributed by atoms with E-state index in [1.54, 1.807) is 67.6 Å². The van der Waals surface area contributed by atoms with Crippen LogP contribution >= 0.6 is 23.4 Å². The topological polar surface area (TPSA) is 87.3 Å². The van der Waals surface area contributed by atoms with Gasteiger partial charge in [-0.1, -0.05) is 61.0 Å². The van der Waals surface area contributed by atoms with Crippen molar-refractivity contribution in [2.75, 3.05) is 10.6 Å². The number of halogens is 5. The Labute approximate surface area is 265 Å². The van der Waals surface area contributed by atoms with Gasteiger partial charge >= 0.3 is 6.18 Å². The Morgan fingerprint density at radius 2 is 1.60 bits per heavy atom. The van der Waals surface area contributed by atoms with Crippen LogP contribution in [0.2, 0.25) is 5.02 Å². The quantitative estimate of drug-likeness (QED) is 0.0910. The Kier molecular flexibility index (Phi) is 11.0. The molecule has 0 aromatic heterocycles. The van der Waals surface area contributed by atoms with E-state index in [1.807, 2.05) is 0 Å². The molecule has 0 radical (unpaired) electrons. The summed E-state index contributed by atoms with van der Waals surface area (Å²) in [4.78, 5) is 39.7. The minimum absolute atomic E-state index is 0.0754. The Morgan fingerprint density at radius 3 is 2.29 bits per heavy atom. The summed E-state index contributed by atoms with van der Waals surface area (Å²) in [5, 5.41) is 6.66. The molecule has 0 aliphatic heterocycles. The Bertz CT molecular complexity index is 1730. The summed E-state index contributed by atoms with van der Waals surface area (Å²) in [6.45, 7) is 1.71. The second-order valence-corrected chi connectivity index (χ2v) is 11.3. The number of carbonyl (C=O) groups is 3. The first-order chi connectivity index (χ1) is 21.4. The summed E-state index contributed by atoms with van der Waals surface area (Å²) in [6.07, 6.45) is -3.23. The first kappa shape index (κ1) is 33.3. The van der Waals surface area contributed by atoms with Crippen LogP contribution in [0.3, 0.4) is 0 Å². The molecule has 3 amide bonds. The molecule has 0 fully saturated rings. The molecule has 12 heteroatoms. The number of benzene rings is 4. The molecule has 4 rings (SSSR count). The van der Waals surface area contributed by atoms with Crippen LogP contribution in [0.5, 0.6) is 0 Å². The highest BCUT2D eigenvalue weighted by molar-refractivity contribution is 8.00. The zero-order valence-corrected chi connectivity index (χ0v) is 25.2. The maximum absolute atomic E-state index is 14.4. The minimum atomic E-state index is -4.73. The first-order valence-corrected chi connectivity index (χ1v) is 14.8. The fourth-order valence-electron chi connectivity index (χ4n) is 4.10. The molecule has 0 aliphatic carbocycles. The first-order valence-electron chi connectivity index (χ1n) is 13.5. The van der Waals surface area contributed by atoms with E-state index in [1.165, 1.54) is 30.3 Å². The van der Waals surface area contributed by atoms with Crippen molar-refractivity contribution in [2.24, 2.45) is 0 Å². The summed E-state index contributed by atoms with van der Waals surface area (Å²) in [5.74, 6) is -2.57. The maximum Gasteiger partial charge on any atom is 0.418 e. The fourth-order valence-corrected chi connectivity index (χ4v) is 5.28. The summed E-state index contributed by atoms with van der Waals surface area (Å²) in [6, 6.07) is 23.5. The van der Waals surface area contributed by atoms with Crippen molar-refractivity contribution in [3.8, 4) is 0 Å². The lowest BCUT2D eigenvalue weighted by atomic mass is 10.1. The predicted molar refractivity (Wildman–Crippen MR) is 168 cm³/mol. The third-order valence-electron chi connectivity index (χ3n) is 6.31. The number of hydrogen-bond donors (Lipinski definition) is 3. The Hall–Kier alpha value is -4.61. The normalized spacial score (nSPS) is 12.3. The standard InChI is InChI=1S/C33H26ClF4N3O3S/c1-2-29(32(44)40-27-16-15-22(34)18-25(27)33(36,37)38)45-24-13-8-12-23(19-24)39-31(43)28(17-21-11-6-7-14-26(21)35)41-30(42)20-9-4-3-5-10-20/h3-19,29H,2H2,1H3,(H,39,43)(H,40,44)(H,41,42)/b28-17-. The van der Waals surface area contributed by atoms with Gasteiger partial charge in [-0.2, -0.15) is 13.2 Å². The molecule has 3 N–H and O–H groups in total. The average molecular weight is 656 g/mol. The number of hydrogen-bond acceptors (Lipinski definition) is 4. The number of rotatable bonds is 10. The molecule has 6 nitrogen and oxygen atoms in total. The van der Waals surface area contributed by atoms with E-state index in [9.17, 15) is 31.9 Å². The smallest absolute Gasteiger partial charge is 0.325 e. The lowest BCUT2D eigenvalue weighted by Crippen LogP contribution is -2.30. The van der Waals surface area contributed by atoms with Gasteiger partial charge in [0.1, 0.15) is 11.5 Å². The van der Waals surface area contributed by atoms with Gasteiger partial charge in [0.15, 0.2) is 0 Å². The predicted octanol–water partition coefficient (Wildman–Crippen LogP) is 8.42. The fraction of sp³-hybridized carbons (Fsp3) is 0.121. The van der Waals surface area contributed by atoms with E-state index in [4.69, 9.17) is 11.6 Å². The van der Waals surface area contributed by atoms with Gasteiger partial charge in [-0.05, 0) is 67.1 Å². The number of anilines is 2. The minimum Gasteiger partial charge on any atom is -0.325 e.